The van der Waals surface area contributed by atoms with Crippen LogP contribution in [0.3, 0.4) is 0 Å². The van der Waals surface area contributed by atoms with Crippen LogP contribution in [-0.4, -0.2) is 23.9 Å². The van der Waals surface area contributed by atoms with Crippen LogP contribution in [-0.2, 0) is 0 Å². The molecule has 3 aliphatic rings. The number of anilines is 1. The molecular formula is C25H27ClN2O. The van der Waals surface area contributed by atoms with Gasteiger partial charge in [-0.3, -0.25) is 4.79 Å². The number of rotatable bonds is 2. The molecule has 150 valence electrons. The molecule has 3 atom stereocenters. The van der Waals surface area contributed by atoms with Crippen LogP contribution in [0.5, 0.6) is 0 Å². The van der Waals surface area contributed by atoms with Gasteiger partial charge in [0.25, 0.3) is 5.91 Å². The van der Waals surface area contributed by atoms with Gasteiger partial charge in [0.15, 0.2) is 0 Å². The quantitative estimate of drug-likeness (QED) is 0.603. The molecule has 3 nitrogen and oxygen atoms in total. The topological polar surface area (TPSA) is 32.3 Å². The molecule has 1 fully saturated rings. The number of hydrogen-bond donors (Lipinski definition) is 1. The number of nitrogens with one attached hydrogen (secondary N) is 1. The van der Waals surface area contributed by atoms with Gasteiger partial charge < -0.3 is 10.2 Å². The van der Waals surface area contributed by atoms with Gasteiger partial charge in [-0.2, -0.15) is 0 Å². The largest absolute Gasteiger partial charge is 0.378 e. The van der Waals surface area contributed by atoms with Crippen molar-refractivity contribution in [1.29, 1.82) is 0 Å². The minimum atomic E-state index is 0.188. The molecule has 4 heteroatoms. The molecule has 5 rings (SSSR count). The average molecular weight is 407 g/mol. The third-order valence-corrected chi connectivity index (χ3v) is 6.98. The Hall–Kier alpha value is -2.26. The van der Waals surface area contributed by atoms with Crippen LogP contribution in [0.2, 0.25) is 5.02 Å². The van der Waals surface area contributed by atoms with Gasteiger partial charge in [-0.1, -0.05) is 48.7 Å². The lowest BCUT2D eigenvalue weighted by molar-refractivity contribution is 0.0761. The number of fused-ring (bicyclic) bond motifs is 3. The van der Waals surface area contributed by atoms with Gasteiger partial charge >= 0.3 is 0 Å². The maximum atomic E-state index is 13.1. The Balaban J connectivity index is 1.45. The molecule has 2 aromatic carbocycles. The Kier molecular flexibility index (Phi) is 5.09. The van der Waals surface area contributed by atoms with Crippen LogP contribution < -0.4 is 5.32 Å². The van der Waals surface area contributed by atoms with Crippen molar-refractivity contribution in [2.75, 3.05) is 18.4 Å². The summed E-state index contributed by atoms with van der Waals surface area (Å²) < 4.78 is 0. The van der Waals surface area contributed by atoms with Crippen molar-refractivity contribution in [1.82, 2.24) is 4.90 Å². The van der Waals surface area contributed by atoms with Gasteiger partial charge in [0.05, 0.1) is 6.04 Å². The van der Waals surface area contributed by atoms with E-state index >= 15 is 0 Å². The molecular weight excluding hydrogens is 380 g/mol. The van der Waals surface area contributed by atoms with Crippen molar-refractivity contribution >= 4 is 23.2 Å². The molecule has 0 unspecified atom stereocenters. The van der Waals surface area contributed by atoms with Gasteiger partial charge in [0.1, 0.15) is 0 Å². The van der Waals surface area contributed by atoms with E-state index in [0.29, 0.717) is 11.8 Å². The Morgan fingerprint density at radius 2 is 1.76 bits per heavy atom. The first kappa shape index (κ1) is 18.7. The summed E-state index contributed by atoms with van der Waals surface area (Å²) in [5, 5.41) is 4.52. The third kappa shape index (κ3) is 3.57. The summed E-state index contributed by atoms with van der Waals surface area (Å²) in [6.45, 7) is 1.78. The highest BCUT2D eigenvalue weighted by molar-refractivity contribution is 6.30. The Bertz CT molecular complexity index is 928. The Morgan fingerprint density at radius 1 is 1.00 bits per heavy atom. The first-order valence-corrected chi connectivity index (χ1v) is 11.2. The number of nitrogens with zero attached hydrogens (tertiary/aromatic N) is 1. The highest BCUT2D eigenvalue weighted by atomic mass is 35.5. The second-order valence-corrected chi connectivity index (χ2v) is 8.97. The molecule has 0 radical (unpaired) electrons. The lowest BCUT2D eigenvalue weighted by Gasteiger charge is -2.38. The van der Waals surface area contributed by atoms with Crippen molar-refractivity contribution in [3.63, 3.8) is 0 Å². The number of benzene rings is 2. The van der Waals surface area contributed by atoms with Crippen molar-refractivity contribution in [3.05, 3.63) is 76.3 Å². The molecule has 2 aliphatic heterocycles. The first-order valence-electron chi connectivity index (χ1n) is 10.8. The molecule has 0 saturated carbocycles. The third-order valence-electron chi connectivity index (χ3n) is 6.73. The average Bonchev–Trinajstić information content (AvgIpc) is 3.09. The van der Waals surface area contributed by atoms with E-state index in [9.17, 15) is 4.79 Å². The Labute approximate surface area is 177 Å². The highest BCUT2D eigenvalue weighted by Gasteiger charge is 2.38. The number of carbonyl (C=O) groups is 1. The van der Waals surface area contributed by atoms with E-state index in [1.165, 1.54) is 24.0 Å². The van der Waals surface area contributed by atoms with Crippen molar-refractivity contribution in [2.45, 2.75) is 44.1 Å². The molecule has 0 bridgehead atoms. The molecule has 1 N–H and O–H groups in total. The van der Waals surface area contributed by atoms with E-state index in [0.717, 1.165) is 48.6 Å². The van der Waals surface area contributed by atoms with E-state index in [1.54, 1.807) is 0 Å². The maximum absolute atomic E-state index is 13.1. The summed E-state index contributed by atoms with van der Waals surface area (Å²) in [5.41, 5.74) is 4.50. The zero-order valence-corrected chi connectivity index (χ0v) is 17.4. The number of allylic oxidation sites excluding steroid dienone is 2. The van der Waals surface area contributed by atoms with Crippen LogP contribution in [0, 0.1) is 5.92 Å². The molecule has 0 aromatic heterocycles. The molecule has 1 aliphatic carbocycles. The fourth-order valence-electron chi connectivity index (χ4n) is 5.18. The van der Waals surface area contributed by atoms with Gasteiger partial charge in [-0.05, 0) is 66.6 Å². The SMILES string of the molecule is O=C(c1ccc2c(c1)[C@H]1C=CC[C@H]1[C@@H](c1ccc(Cl)cc1)N2)N1CCCCCC1. The molecule has 29 heavy (non-hydrogen) atoms. The summed E-state index contributed by atoms with van der Waals surface area (Å²) >= 11 is 6.10. The fraction of sp³-hybridized carbons (Fsp3) is 0.400. The number of hydrogen-bond acceptors (Lipinski definition) is 2. The predicted octanol–water partition coefficient (Wildman–Crippen LogP) is 6.18. The number of carbonyl (C=O) groups excluding carboxylic acids is 1. The predicted molar refractivity (Wildman–Crippen MR) is 119 cm³/mol. The monoisotopic (exact) mass is 406 g/mol. The van der Waals surface area contributed by atoms with E-state index in [1.807, 2.05) is 23.1 Å². The second-order valence-electron chi connectivity index (χ2n) is 8.54. The van der Waals surface area contributed by atoms with E-state index < -0.39 is 0 Å². The van der Waals surface area contributed by atoms with Crippen molar-refractivity contribution < 1.29 is 4.79 Å². The molecule has 1 saturated heterocycles. The highest BCUT2D eigenvalue weighted by Crippen LogP contribution is 2.50. The normalized spacial score (nSPS) is 25.7. The minimum Gasteiger partial charge on any atom is -0.378 e. The number of amides is 1. The van der Waals surface area contributed by atoms with Crippen molar-refractivity contribution in [3.8, 4) is 0 Å². The van der Waals surface area contributed by atoms with Crippen LogP contribution >= 0.6 is 11.6 Å². The van der Waals surface area contributed by atoms with E-state index in [4.69, 9.17) is 11.6 Å². The van der Waals surface area contributed by atoms with Crippen LogP contribution in [0.25, 0.3) is 0 Å². The van der Waals surface area contributed by atoms with Crippen LogP contribution in [0.15, 0.2) is 54.6 Å². The lowest BCUT2D eigenvalue weighted by atomic mass is 9.76. The fourth-order valence-corrected chi connectivity index (χ4v) is 5.31. The maximum Gasteiger partial charge on any atom is 0.253 e. The number of halogens is 1. The standard InChI is InChI=1S/C25H27ClN2O/c26-19-11-8-17(9-12-19)24-21-7-5-6-20(21)22-16-18(10-13-23(22)27-24)25(29)28-14-3-1-2-4-15-28/h5-6,8-13,16,20-21,24,27H,1-4,7,14-15H2/t20-,21+,24+/m0/s1. The van der Waals surface area contributed by atoms with Crippen LogP contribution in [0.1, 0.15) is 65.5 Å². The van der Waals surface area contributed by atoms with E-state index in [2.05, 4.69) is 41.7 Å². The summed E-state index contributed by atoms with van der Waals surface area (Å²) in [7, 11) is 0. The summed E-state index contributed by atoms with van der Waals surface area (Å²) in [5.74, 6) is 1.00. The summed E-state index contributed by atoms with van der Waals surface area (Å²) in [4.78, 5) is 15.2. The zero-order valence-electron chi connectivity index (χ0n) is 16.6. The molecule has 1 amide bonds. The van der Waals surface area contributed by atoms with Gasteiger partial charge in [0.2, 0.25) is 0 Å². The van der Waals surface area contributed by atoms with Gasteiger partial charge in [-0.25, -0.2) is 0 Å². The summed E-state index contributed by atoms with van der Waals surface area (Å²) in [6.07, 6.45) is 10.4. The first-order chi connectivity index (χ1) is 14.2. The van der Waals surface area contributed by atoms with Crippen molar-refractivity contribution in [2.24, 2.45) is 5.92 Å². The molecule has 2 heterocycles. The lowest BCUT2D eigenvalue weighted by Crippen LogP contribution is -2.33. The molecule has 0 spiro atoms. The van der Waals surface area contributed by atoms with E-state index in [-0.39, 0.29) is 11.9 Å². The smallest absolute Gasteiger partial charge is 0.253 e. The Morgan fingerprint density at radius 3 is 2.52 bits per heavy atom. The number of likely N-dealkylation sites (tertiary alicyclic amines) is 1. The zero-order chi connectivity index (χ0) is 19.8. The minimum absolute atomic E-state index is 0.188. The molecule has 2 aromatic rings. The summed E-state index contributed by atoms with van der Waals surface area (Å²) in [6, 6.07) is 14.7. The second kappa shape index (κ2) is 7.87. The van der Waals surface area contributed by atoms with Gasteiger partial charge in [-0.15, -0.1) is 0 Å². The van der Waals surface area contributed by atoms with Gasteiger partial charge in [0, 0.05) is 35.3 Å². The van der Waals surface area contributed by atoms with Crippen LogP contribution in [0.4, 0.5) is 5.69 Å².